The number of nitrogens with one attached hydrogen (secondary N) is 1. The summed E-state index contributed by atoms with van der Waals surface area (Å²) in [6.45, 7) is 1.79. The molecule has 0 spiro atoms. The van der Waals surface area contributed by atoms with E-state index in [1.54, 1.807) is 31.2 Å². The highest BCUT2D eigenvalue weighted by Crippen LogP contribution is 2.22. The first-order valence-electron chi connectivity index (χ1n) is 5.91. The van der Waals surface area contributed by atoms with Gasteiger partial charge in [0, 0.05) is 11.9 Å². The van der Waals surface area contributed by atoms with Gasteiger partial charge in [-0.1, -0.05) is 36.4 Å². The number of rotatable bonds is 4. The fraction of sp³-hybridized carbons (Fsp3) is 0.214. The third kappa shape index (κ3) is 2.92. The summed E-state index contributed by atoms with van der Waals surface area (Å²) in [4.78, 5) is 0.246. The molecule has 0 amide bonds. The van der Waals surface area contributed by atoms with Crippen LogP contribution in [-0.2, 0) is 10.0 Å². The lowest BCUT2D eigenvalue weighted by Crippen LogP contribution is -2.28. The Morgan fingerprint density at radius 1 is 1.21 bits per heavy atom. The van der Waals surface area contributed by atoms with E-state index in [9.17, 15) is 8.42 Å². The number of hydrogen-bond acceptors (Lipinski definition) is 3. The van der Waals surface area contributed by atoms with Crippen LogP contribution >= 0.6 is 0 Å². The van der Waals surface area contributed by atoms with Crippen LogP contribution in [0.5, 0.6) is 0 Å². The maximum Gasteiger partial charge on any atom is 0.241 e. The fourth-order valence-electron chi connectivity index (χ4n) is 1.79. The van der Waals surface area contributed by atoms with Gasteiger partial charge in [0.25, 0.3) is 0 Å². The number of nitriles is 1. The SMILES string of the molecule is CC(C#N)CNS(=O)(=O)c1cccc2ccccc12. The molecule has 0 aliphatic heterocycles. The van der Waals surface area contributed by atoms with Crippen LogP contribution in [0.25, 0.3) is 10.8 Å². The molecule has 0 saturated heterocycles. The average molecular weight is 274 g/mol. The van der Waals surface area contributed by atoms with Crippen molar-refractivity contribution in [1.29, 1.82) is 5.26 Å². The molecule has 5 heteroatoms. The smallest absolute Gasteiger partial charge is 0.210 e. The van der Waals surface area contributed by atoms with Gasteiger partial charge in [-0.3, -0.25) is 0 Å². The predicted molar refractivity (Wildman–Crippen MR) is 73.9 cm³/mol. The highest BCUT2D eigenvalue weighted by Gasteiger charge is 2.17. The van der Waals surface area contributed by atoms with Gasteiger partial charge >= 0.3 is 0 Å². The first-order chi connectivity index (χ1) is 9.04. The normalized spacial score (nSPS) is 13.1. The van der Waals surface area contributed by atoms with E-state index in [-0.39, 0.29) is 17.4 Å². The molecule has 98 valence electrons. The highest BCUT2D eigenvalue weighted by molar-refractivity contribution is 7.89. The lowest BCUT2D eigenvalue weighted by atomic mass is 10.1. The lowest BCUT2D eigenvalue weighted by molar-refractivity contribution is 0.573. The van der Waals surface area contributed by atoms with Crippen LogP contribution in [0.1, 0.15) is 6.92 Å². The molecule has 19 heavy (non-hydrogen) atoms. The van der Waals surface area contributed by atoms with Crippen LogP contribution in [-0.4, -0.2) is 15.0 Å². The zero-order valence-corrected chi connectivity index (χ0v) is 11.3. The van der Waals surface area contributed by atoms with Crippen molar-refractivity contribution in [2.75, 3.05) is 6.54 Å². The molecule has 1 unspecified atom stereocenters. The van der Waals surface area contributed by atoms with E-state index in [1.165, 1.54) is 0 Å². The van der Waals surface area contributed by atoms with Gasteiger partial charge in [0.15, 0.2) is 0 Å². The Balaban J connectivity index is 2.41. The second-order valence-corrected chi connectivity index (χ2v) is 6.09. The van der Waals surface area contributed by atoms with Crippen LogP contribution < -0.4 is 4.72 Å². The Labute approximate surface area is 112 Å². The Hall–Kier alpha value is -1.90. The van der Waals surface area contributed by atoms with Crippen molar-refractivity contribution in [3.8, 4) is 6.07 Å². The van der Waals surface area contributed by atoms with Gasteiger partial charge in [-0.2, -0.15) is 5.26 Å². The summed E-state index contributed by atoms with van der Waals surface area (Å²) in [5.74, 6) is -0.357. The monoisotopic (exact) mass is 274 g/mol. The minimum Gasteiger partial charge on any atom is -0.210 e. The van der Waals surface area contributed by atoms with Crippen LogP contribution in [0.2, 0.25) is 0 Å². The van der Waals surface area contributed by atoms with Crippen LogP contribution in [0, 0.1) is 17.2 Å². The summed E-state index contributed by atoms with van der Waals surface area (Å²) < 4.78 is 27.0. The predicted octanol–water partition coefficient (Wildman–Crippen LogP) is 2.28. The molecule has 0 aliphatic carbocycles. The average Bonchev–Trinajstić information content (AvgIpc) is 2.44. The van der Waals surface area contributed by atoms with E-state index >= 15 is 0 Å². The van der Waals surface area contributed by atoms with E-state index in [2.05, 4.69) is 4.72 Å². The molecular formula is C14H14N2O2S. The lowest BCUT2D eigenvalue weighted by Gasteiger charge is -2.10. The minimum atomic E-state index is -3.59. The Morgan fingerprint density at radius 2 is 1.89 bits per heavy atom. The Kier molecular flexibility index (Phi) is 3.84. The van der Waals surface area contributed by atoms with E-state index < -0.39 is 10.0 Å². The molecule has 0 saturated carbocycles. The van der Waals surface area contributed by atoms with Crippen LogP contribution in [0.4, 0.5) is 0 Å². The van der Waals surface area contributed by atoms with Crippen molar-refractivity contribution in [2.24, 2.45) is 5.92 Å². The summed E-state index contributed by atoms with van der Waals surface area (Å²) in [7, 11) is -3.59. The number of fused-ring (bicyclic) bond motifs is 1. The van der Waals surface area contributed by atoms with Gasteiger partial charge in [-0.05, 0) is 18.4 Å². The van der Waals surface area contributed by atoms with Crippen molar-refractivity contribution in [2.45, 2.75) is 11.8 Å². The summed E-state index contributed by atoms with van der Waals surface area (Å²) >= 11 is 0. The number of hydrogen-bond donors (Lipinski definition) is 1. The molecule has 2 aromatic carbocycles. The molecular weight excluding hydrogens is 260 g/mol. The third-order valence-corrected chi connectivity index (χ3v) is 4.32. The fourth-order valence-corrected chi connectivity index (χ4v) is 3.15. The van der Waals surface area contributed by atoms with Crippen molar-refractivity contribution in [3.63, 3.8) is 0 Å². The maximum absolute atomic E-state index is 12.2. The molecule has 0 radical (unpaired) electrons. The van der Waals surface area contributed by atoms with Gasteiger partial charge in [-0.15, -0.1) is 0 Å². The maximum atomic E-state index is 12.2. The summed E-state index contributed by atoms with van der Waals surface area (Å²) in [6.07, 6.45) is 0. The largest absolute Gasteiger partial charge is 0.241 e. The summed E-state index contributed by atoms with van der Waals surface area (Å²) in [5, 5.41) is 10.2. The molecule has 1 atom stereocenters. The van der Waals surface area contributed by atoms with E-state index in [1.807, 2.05) is 24.3 Å². The molecule has 4 nitrogen and oxygen atoms in total. The molecule has 0 aromatic heterocycles. The summed E-state index contributed by atoms with van der Waals surface area (Å²) in [5.41, 5.74) is 0. The molecule has 2 rings (SSSR count). The van der Waals surface area contributed by atoms with E-state index in [4.69, 9.17) is 5.26 Å². The zero-order valence-electron chi connectivity index (χ0n) is 10.5. The van der Waals surface area contributed by atoms with Crippen LogP contribution in [0.3, 0.4) is 0 Å². The molecule has 0 heterocycles. The van der Waals surface area contributed by atoms with Gasteiger partial charge < -0.3 is 0 Å². The second kappa shape index (κ2) is 5.39. The van der Waals surface area contributed by atoms with Crippen molar-refractivity contribution >= 4 is 20.8 Å². The van der Waals surface area contributed by atoms with E-state index in [0.29, 0.717) is 5.39 Å². The molecule has 1 N–H and O–H groups in total. The Morgan fingerprint density at radius 3 is 2.63 bits per heavy atom. The first-order valence-corrected chi connectivity index (χ1v) is 7.40. The van der Waals surface area contributed by atoms with Crippen molar-refractivity contribution in [3.05, 3.63) is 42.5 Å². The Bertz CT molecular complexity index is 727. The molecule has 0 aliphatic rings. The first kappa shape index (κ1) is 13.5. The minimum absolute atomic E-state index is 0.113. The number of nitrogens with zero attached hydrogens (tertiary/aromatic N) is 1. The van der Waals surface area contributed by atoms with Gasteiger partial charge in [0.1, 0.15) is 0 Å². The van der Waals surface area contributed by atoms with Gasteiger partial charge in [0.05, 0.1) is 16.9 Å². The quantitative estimate of drug-likeness (QED) is 0.929. The number of benzene rings is 2. The zero-order chi connectivity index (χ0) is 13.9. The number of sulfonamides is 1. The van der Waals surface area contributed by atoms with Crippen molar-refractivity contribution < 1.29 is 8.42 Å². The van der Waals surface area contributed by atoms with Crippen LogP contribution in [0.15, 0.2) is 47.4 Å². The molecule has 2 aromatic rings. The molecule has 0 fully saturated rings. The second-order valence-electron chi connectivity index (χ2n) is 4.36. The third-order valence-electron chi connectivity index (χ3n) is 2.84. The van der Waals surface area contributed by atoms with Crippen molar-refractivity contribution in [1.82, 2.24) is 4.72 Å². The topological polar surface area (TPSA) is 70.0 Å². The highest BCUT2D eigenvalue weighted by atomic mass is 32.2. The van der Waals surface area contributed by atoms with E-state index in [0.717, 1.165) is 5.39 Å². The standard InChI is InChI=1S/C14H14N2O2S/c1-11(9-15)10-16-19(17,18)14-8-4-6-12-5-2-3-7-13(12)14/h2-8,11,16H,10H2,1H3. The van der Waals surface area contributed by atoms with Gasteiger partial charge in [0.2, 0.25) is 10.0 Å². The summed E-state index contributed by atoms with van der Waals surface area (Å²) in [6, 6.07) is 14.5. The molecule has 0 bridgehead atoms. The van der Waals surface area contributed by atoms with Gasteiger partial charge in [-0.25, -0.2) is 13.1 Å².